The van der Waals surface area contributed by atoms with Crippen LogP contribution in [0.1, 0.15) is 12.5 Å². The Bertz CT molecular complexity index is 675. The number of carbonyl (C=O) groups excluding carboxylic acids is 3. The lowest BCUT2D eigenvalue weighted by atomic mass is 9.92. The predicted molar refractivity (Wildman–Crippen MR) is 74.9 cm³/mol. The van der Waals surface area contributed by atoms with E-state index < -0.39 is 35.0 Å². The highest BCUT2D eigenvalue weighted by atomic mass is 35.5. The quantitative estimate of drug-likeness (QED) is 0.677. The summed E-state index contributed by atoms with van der Waals surface area (Å²) in [6.45, 7) is 1.86. The number of hydrogen-bond donors (Lipinski definition) is 1. The minimum atomic E-state index is -1.21. The van der Waals surface area contributed by atoms with Crippen molar-refractivity contribution in [1.82, 2.24) is 5.32 Å². The van der Waals surface area contributed by atoms with E-state index in [1.807, 2.05) is 0 Å². The molecule has 3 rings (SSSR count). The zero-order chi connectivity index (χ0) is 15.4. The van der Waals surface area contributed by atoms with E-state index in [-0.39, 0.29) is 11.6 Å². The normalized spacial score (nSPS) is 29.9. The van der Waals surface area contributed by atoms with Crippen LogP contribution in [0.15, 0.2) is 18.2 Å². The largest absolute Gasteiger partial charge is 0.466 e. The van der Waals surface area contributed by atoms with Crippen LogP contribution in [-0.2, 0) is 24.5 Å². The zero-order valence-corrected chi connectivity index (χ0v) is 12.5. The number of hydrogen-bond acceptors (Lipinski definition) is 4. The summed E-state index contributed by atoms with van der Waals surface area (Å²) in [5.74, 6) is -3.02. The molecule has 1 saturated carbocycles. The van der Waals surface area contributed by atoms with Gasteiger partial charge in [0, 0.05) is 0 Å². The standard InChI is InChI=1S/C14H11Cl2NO4/c1-2-21-12(19)10-9-11(18)17-13(20)14(9,10)6-3-4-7(15)8(16)5-6/h3-5,9-10H,2H2,1H3,(H,17,18,20). The molecule has 1 saturated heterocycles. The number of rotatable bonds is 3. The Morgan fingerprint density at radius 3 is 2.67 bits per heavy atom. The molecule has 110 valence electrons. The van der Waals surface area contributed by atoms with Crippen molar-refractivity contribution in [1.29, 1.82) is 0 Å². The Balaban J connectivity index is 2.07. The molecule has 2 aliphatic rings. The van der Waals surface area contributed by atoms with E-state index in [9.17, 15) is 14.4 Å². The number of amides is 2. The fraction of sp³-hybridized carbons (Fsp3) is 0.357. The number of nitrogens with one attached hydrogen (secondary N) is 1. The Kier molecular flexibility index (Phi) is 3.22. The summed E-state index contributed by atoms with van der Waals surface area (Å²) in [6, 6.07) is 4.68. The van der Waals surface area contributed by atoms with Gasteiger partial charge in [0.1, 0.15) is 5.41 Å². The van der Waals surface area contributed by atoms with Crippen molar-refractivity contribution in [3.05, 3.63) is 33.8 Å². The van der Waals surface area contributed by atoms with Gasteiger partial charge >= 0.3 is 5.97 Å². The average Bonchev–Trinajstić information content (AvgIpc) is 3.06. The van der Waals surface area contributed by atoms with Gasteiger partial charge < -0.3 is 4.74 Å². The van der Waals surface area contributed by atoms with Crippen molar-refractivity contribution in [3.63, 3.8) is 0 Å². The molecule has 0 bridgehead atoms. The van der Waals surface area contributed by atoms with Crippen LogP contribution in [0.2, 0.25) is 10.0 Å². The zero-order valence-electron chi connectivity index (χ0n) is 11.0. The van der Waals surface area contributed by atoms with Crippen LogP contribution in [0.4, 0.5) is 0 Å². The van der Waals surface area contributed by atoms with Crippen molar-refractivity contribution < 1.29 is 19.1 Å². The third-order valence-electron chi connectivity index (χ3n) is 4.04. The van der Waals surface area contributed by atoms with Crippen molar-refractivity contribution in [2.75, 3.05) is 6.61 Å². The lowest BCUT2D eigenvalue weighted by molar-refractivity contribution is -0.148. The smallest absolute Gasteiger partial charge is 0.311 e. The monoisotopic (exact) mass is 327 g/mol. The summed E-state index contributed by atoms with van der Waals surface area (Å²) < 4.78 is 4.97. The molecule has 2 fully saturated rings. The summed E-state index contributed by atoms with van der Waals surface area (Å²) in [7, 11) is 0. The summed E-state index contributed by atoms with van der Waals surface area (Å²) in [4.78, 5) is 36.2. The molecule has 21 heavy (non-hydrogen) atoms. The Morgan fingerprint density at radius 2 is 2.05 bits per heavy atom. The summed E-state index contributed by atoms with van der Waals surface area (Å²) in [5, 5.41) is 2.86. The third kappa shape index (κ3) is 1.80. The summed E-state index contributed by atoms with van der Waals surface area (Å²) >= 11 is 11.8. The van der Waals surface area contributed by atoms with Crippen molar-refractivity contribution >= 4 is 41.0 Å². The molecule has 0 radical (unpaired) electrons. The topological polar surface area (TPSA) is 72.5 Å². The molecule has 7 heteroatoms. The van der Waals surface area contributed by atoms with Gasteiger partial charge in [-0.15, -0.1) is 0 Å². The minimum Gasteiger partial charge on any atom is -0.466 e. The molecule has 1 aliphatic carbocycles. The van der Waals surface area contributed by atoms with E-state index in [0.29, 0.717) is 10.6 Å². The number of imide groups is 1. The highest BCUT2D eigenvalue weighted by Gasteiger charge is 2.81. The first kappa shape index (κ1) is 14.4. The van der Waals surface area contributed by atoms with Gasteiger partial charge in [-0.1, -0.05) is 29.3 Å². The number of benzene rings is 1. The molecule has 1 N–H and O–H groups in total. The number of carbonyl (C=O) groups is 3. The van der Waals surface area contributed by atoms with Gasteiger partial charge in [-0.2, -0.15) is 0 Å². The van der Waals surface area contributed by atoms with Gasteiger partial charge in [0.25, 0.3) is 0 Å². The van der Waals surface area contributed by atoms with Crippen molar-refractivity contribution in [2.24, 2.45) is 11.8 Å². The lowest BCUT2D eigenvalue weighted by Gasteiger charge is -2.14. The second-order valence-electron chi connectivity index (χ2n) is 5.02. The predicted octanol–water partition coefficient (Wildman–Crippen LogP) is 1.70. The van der Waals surface area contributed by atoms with E-state index in [0.717, 1.165) is 0 Å². The molecular formula is C14H11Cl2NO4. The Morgan fingerprint density at radius 1 is 1.33 bits per heavy atom. The van der Waals surface area contributed by atoms with Gasteiger partial charge in [-0.3, -0.25) is 19.7 Å². The highest BCUT2D eigenvalue weighted by molar-refractivity contribution is 6.42. The molecule has 1 heterocycles. The maximum absolute atomic E-state index is 12.2. The fourth-order valence-corrected chi connectivity index (χ4v) is 3.42. The van der Waals surface area contributed by atoms with Crippen LogP contribution in [0.25, 0.3) is 0 Å². The third-order valence-corrected chi connectivity index (χ3v) is 4.78. The van der Waals surface area contributed by atoms with Gasteiger partial charge in [0.2, 0.25) is 11.8 Å². The van der Waals surface area contributed by atoms with Crippen LogP contribution < -0.4 is 5.32 Å². The van der Waals surface area contributed by atoms with E-state index in [1.165, 1.54) is 6.07 Å². The molecule has 3 unspecified atom stereocenters. The SMILES string of the molecule is CCOC(=O)C1C2C(=O)NC(=O)C21c1ccc(Cl)c(Cl)c1. The van der Waals surface area contributed by atoms with Gasteiger partial charge in [-0.05, 0) is 24.6 Å². The van der Waals surface area contributed by atoms with Gasteiger partial charge in [0.05, 0.1) is 28.5 Å². The average molecular weight is 328 g/mol. The molecule has 1 aromatic carbocycles. The van der Waals surface area contributed by atoms with Crippen LogP contribution >= 0.6 is 23.2 Å². The highest BCUT2D eigenvalue weighted by Crippen LogP contribution is 2.63. The van der Waals surface area contributed by atoms with E-state index >= 15 is 0 Å². The van der Waals surface area contributed by atoms with Crippen molar-refractivity contribution in [2.45, 2.75) is 12.3 Å². The number of piperidine rings is 1. The maximum atomic E-state index is 12.2. The molecule has 2 amide bonds. The van der Waals surface area contributed by atoms with Crippen molar-refractivity contribution in [3.8, 4) is 0 Å². The van der Waals surface area contributed by atoms with E-state index in [1.54, 1.807) is 19.1 Å². The molecular weight excluding hydrogens is 317 g/mol. The Labute approximate surface area is 130 Å². The van der Waals surface area contributed by atoms with Crippen LogP contribution in [0, 0.1) is 11.8 Å². The number of halogens is 2. The number of fused-ring (bicyclic) bond motifs is 1. The minimum absolute atomic E-state index is 0.190. The van der Waals surface area contributed by atoms with Gasteiger partial charge in [-0.25, -0.2) is 0 Å². The molecule has 1 aromatic rings. The first-order chi connectivity index (χ1) is 9.94. The van der Waals surface area contributed by atoms with Crippen LogP contribution in [0.5, 0.6) is 0 Å². The van der Waals surface area contributed by atoms with Crippen LogP contribution in [0.3, 0.4) is 0 Å². The molecule has 0 aromatic heterocycles. The van der Waals surface area contributed by atoms with Crippen LogP contribution in [-0.4, -0.2) is 24.4 Å². The fourth-order valence-electron chi connectivity index (χ4n) is 3.12. The van der Waals surface area contributed by atoms with E-state index in [4.69, 9.17) is 27.9 Å². The molecule has 1 aliphatic heterocycles. The summed E-state index contributed by atoms with van der Waals surface area (Å²) in [6.07, 6.45) is 0. The first-order valence-electron chi connectivity index (χ1n) is 6.42. The lowest BCUT2D eigenvalue weighted by Crippen LogP contribution is -2.36. The first-order valence-corrected chi connectivity index (χ1v) is 7.17. The maximum Gasteiger partial charge on any atom is 0.311 e. The molecule has 5 nitrogen and oxygen atoms in total. The van der Waals surface area contributed by atoms with Gasteiger partial charge in [0.15, 0.2) is 0 Å². The number of ether oxygens (including phenoxy) is 1. The molecule has 3 atom stereocenters. The van der Waals surface area contributed by atoms with E-state index in [2.05, 4.69) is 5.32 Å². The number of esters is 1. The summed E-state index contributed by atoms with van der Waals surface area (Å²) in [5.41, 5.74) is -0.708. The Hall–Kier alpha value is -1.59. The second-order valence-corrected chi connectivity index (χ2v) is 5.84. The molecule has 0 spiro atoms. The second kappa shape index (κ2) is 4.71.